The lowest BCUT2D eigenvalue weighted by molar-refractivity contribution is -0.117. The zero-order chi connectivity index (χ0) is 19.8. The first-order valence-corrected chi connectivity index (χ1v) is 9.18. The predicted octanol–water partition coefficient (Wildman–Crippen LogP) is 2.88. The molecule has 1 N–H and O–H groups in total. The first kappa shape index (κ1) is 19.4. The number of hydrogen-bond acceptors (Lipinski definition) is 6. The smallest absolute Gasteiger partial charge is 0.251 e. The average molecular weight is 378 g/mol. The van der Waals surface area contributed by atoms with Crippen LogP contribution in [-0.2, 0) is 4.79 Å². The van der Waals surface area contributed by atoms with Crippen molar-refractivity contribution in [3.8, 4) is 17.7 Å². The average Bonchev–Trinajstić information content (AvgIpc) is 2.74. The fraction of sp³-hybridized carbons (Fsp3) is 0.333. The maximum absolute atomic E-state index is 12.2. The molecule has 28 heavy (non-hydrogen) atoms. The summed E-state index contributed by atoms with van der Waals surface area (Å²) in [6.07, 6.45) is 9.48. The van der Waals surface area contributed by atoms with E-state index in [1.54, 1.807) is 19.3 Å². The molecule has 3 rings (SSSR count). The van der Waals surface area contributed by atoms with Crippen molar-refractivity contribution in [3.63, 3.8) is 0 Å². The summed E-state index contributed by atoms with van der Waals surface area (Å²) < 4.78 is 10.9. The van der Waals surface area contributed by atoms with Crippen LogP contribution in [0, 0.1) is 11.3 Å². The minimum atomic E-state index is -0.110. The third-order valence-electron chi connectivity index (χ3n) is 4.61. The zero-order valence-electron chi connectivity index (χ0n) is 15.7. The van der Waals surface area contributed by atoms with Gasteiger partial charge < -0.3 is 14.8 Å². The van der Waals surface area contributed by atoms with E-state index in [1.807, 2.05) is 30.3 Å². The van der Waals surface area contributed by atoms with Crippen LogP contribution in [-0.4, -0.2) is 35.1 Å². The number of aromatic nitrogens is 2. The van der Waals surface area contributed by atoms with Crippen molar-refractivity contribution < 1.29 is 14.3 Å². The summed E-state index contributed by atoms with van der Waals surface area (Å²) in [4.78, 5) is 20.2. The molecule has 1 saturated carbocycles. The van der Waals surface area contributed by atoms with Crippen molar-refractivity contribution in [1.29, 1.82) is 5.26 Å². The van der Waals surface area contributed by atoms with Gasteiger partial charge in [-0.05, 0) is 49.5 Å². The number of carbonyl (C=O) groups is 1. The van der Waals surface area contributed by atoms with Crippen LogP contribution in [0.3, 0.4) is 0 Å². The lowest BCUT2D eigenvalue weighted by Gasteiger charge is -2.28. The standard InChI is InChI=1S/C21H22N4O3/c1-27-17-7-2-15(3-8-17)4-11-20(26)25-16-5-9-18(10-6-16)28-21-19(14-22)23-12-13-24-21/h2-4,7-8,11-13,16,18H,5-6,9-10H2,1H3,(H,25,26)/b11-4+. The van der Waals surface area contributed by atoms with E-state index < -0.39 is 0 Å². The topological polar surface area (TPSA) is 97.1 Å². The van der Waals surface area contributed by atoms with Gasteiger partial charge in [0.05, 0.1) is 7.11 Å². The fourth-order valence-corrected chi connectivity index (χ4v) is 3.11. The number of benzene rings is 1. The second kappa shape index (κ2) is 9.51. The van der Waals surface area contributed by atoms with E-state index in [0.717, 1.165) is 37.0 Å². The summed E-state index contributed by atoms with van der Waals surface area (Å²) in [6, 6.07) is 9.60. The largest absolute Gasteiger partial charge is 0.497 e. The van der Waals surface area contributed by atoms with Crippen LogP contribution in [0.25, 0.3) is 6.08 Å². The van der Waals surface area contributed by atoms with Crippen molar-refractivity contribution in [2.45, 2.75) is 37.8 Å². The Kier molecular flexibility index (Phi) is 6.58. The summed E-state index contributed by atoms with van der Waals surface area (Å²) in [7, 11) is 1.62. The van der Waals surface area contributed by atoms with Crippen molar-refractivity contribution >= 4 is 12.0 Å². The number of nitrogens with one attached hydrogen (secondary N) is 1. The molecular weight excluding hydrogens is 356 g/mol. The van der Waals surface area contributed by atoms with Gasteiger partial charge in [0, 0.05) is 24.5 Å². The highest BCUT2D eigenvalue weighted by molar-refractivity contribution is 5.91. The Morgan fingerprint density at radius 1 is 1.18 bits per heavy atom. The summed E-state index contributed by atoms with van der Waals surface area (Å²) >= 11 is 0. The fourth-order valence-electron chi connectivity index (χ4n) is 3.11. The van der Waals surface area contributed by atoms with Gasteiger partial charge in [0.25, 0.3) is 5.88 Å². The summed E-state index contributed by atoms with van der Waals surface area (Å²) in [5.41, 5.74) is 1.13. The molecule has 1 aromatic heterocycles. The van der Waals surface area contributed by atoms with Gasteiger partial charge in [0.15, 0.2) is 0 Å². The van der Waals surface area contributed by atoms with E-state index in [4.69, 9.17) is 14.7 Å². The number of ether oxygens (including phenoxy) is 2. The second-order valence-corrected chi connectivity index (χ2v) is 6.53. The Morgan fingerprint density at radius 3 is 2.57 bits per heavy atom. The SMILES string of the molecule is COc1ccc(/C=C/C(=O)NC2CCC(Oc3nccnc3C#N)CC2)cc1. The van der Waals surface area contributed by atoms with E-state index in [-0.39, 0.29) is 29.6 Å². The number of hydrogen-bond donors (Lipinski definition) is 1. The molecule has 1 aliphatic carbocycles. The van der Waals surface area contributed by atoms with E-state index in [1.165, 1.54) is 12.4 Å². The van der Waals surface area contributed by atoms with E-state index in [0.29, 0.717) is 0 Å². The molecule has 2 aromatic rings. The molecule has 7 nitrogen and oxygen atoms in total. The lowest BCUT2D eigenvalue weighted by atomic mass is 9.93. The normalized spacial score (nSPS) is 19.0. The molecular formula is C21H22N4O3. The van der Waals surface area contributed by atoms with Crippen LogP contribution in [0.1, 0.15) is 36.9 Å². The number of carbonyl (C=O) groups excluding carboxylic acids is 1. The molecule has 1 amide bonds. The molecule has 0 atom stereocenters. The van der Waals surface area contributed by atoms with E-state index in [2.05, 4.69) is 15.3 Å². The van der Waals surface area contributed by atoms with Crippen LogP contribution < -0.4 is 14.8 Å². The van der Waals surface area contributed by atoms with Gasteiger partial charge in [0.2, 0.25) is 11.6 Å². The molecule has 7 heteroatoms. The molecule has 0 bridgehead atoms. The first-order valence-electron chi connectivity index (χ1n) is 9.18. The Bertz CT molecular complexity index is 866. The van der Waals surface area contributed by atoms with Crippen LogP contribution in [0.2, 0.25) is 0 Å². The Labute approximate surface area is 164 Å². The van der Waals surface area contributed by atoms with Crippen LogP contribution >= 0.6 is 0 Å². The highest BCUT2D eigenvalue weighted by atomic mass is 16.5. The minimum Gasteiger partial charge on any atom is -0.497 e. The van der Waals surface area contributed by atoms with Crippen molar-refractivity contribution in [3.05, 3.63) is 54.0 Å². The molecule has 1 aliphatic rings. The molecule has 1 heterocycles. The number of rotatable bonds is 6. The van der Waals surface area contributed by atoms with Gasteiger partial charge >= 0.3 is 0 Å². The number of methoxy groups -OCH3 is 1. The third kappa shape index (κ3) is 5.30. The van der Waals surface area contributed by atoms with Gasteiger partial charge in [0.1, 0.15) is 17.9 Å². The second-order valence-electron chi connectivity index (χ2n) is 6.53. The number of amides is 1. The van der Waals surface area contributed by atoms with Gasteiger partial charge in [-0.1, -0.05) is 12.1 Å². The van der Waals surface area contributed by atoms with Gasteiger partial charge in [-0.2, -0.15) is 5.26 Å². The monoisotopic (exact) mass is 378 g/mol. The van der Waals surface area contributed by atoms with Crippen LogP contribution in [0.15, 0.2) is 42.7 Å². The quantitative estimate of drug-likeness (QED) is 0.777. The molecule has 0 unspecified atom stereocenters. The van der Waals surface area contributed by atoms with Crippen molar-refractivity contribution in [2.75, 3.05) is 7.11 Å². The maximum Gasteiger partial charge on any atom is 0.251 e. The number of nitriles is 1. The molecule has 0 spiro atoms. The Morgan fingerprint density at radius 2 is 1.89 bits per heavy atom. The molecule has 0 aliphatic heterocycles. The minimum absolute atomic E-state index is 0.0215. The maximum atomic E-state index is 12.2. The van der Waals surface area contributed by atoms with Gasteiger partial charge in [-0.25, -0.2) is 9.97 Å². The van der Waals surface area contributed by atoms with Gasteiger partial charge in [-0.15, -0.1) is 0 Å². The molecule has 1 fully saturated rings. The molecule has 1 aromatic carbocycles. The van der Waals surface area contributed by atoms with E-state index in [9.17, 15) is 4.79 Å². The molecule has 0 saturated heterocycles. The number of nitrogens with zero attached hydrogens (tertiary/aromatic N) is 3. The zero-order valence-corrected chi connectivity index (χ0v) is 15.7. The van der Waals surface area contributed by atoms with Crippen LogP contribution in [0.4, 0.5) is 0 Å². The Hall–Kier alpha value is -3.40. The first-order chi connectivity index (χ1) is 13.7. The lowest BCUT2D eigenvalue weighted by Crippen LogP contribution is -2.39. The molecule has 0 radical (unpaired) electrons. The third-order valence-corrected chi connectivity index (χ3v) is 4.61. The highest BCUT2D eigenvalue weighted by Gasteiger charge is 2.24. The predicted molar refractivity (Wildman–Crippen MR) is 104 cm³/mol. The van der Waals surface area contributed by atoms with Crippen molar-refractivity contribution in [1.82, 2.24) is 15.3 Å². The van der Waals surface area contributed by atoms with Crippen LogP contribution in [0.5, 0.6) is 11.6 Å². The van der Waals surface area contributed by atoms with Gasteiger partial charge in [-0.3, -0.25) is 4.79 Å². The summed E-state index contributed by atoms with van der Waals surface area (Å²) in [5.74, 6) is 0.949. The summed E-state index contributed by atoms with van der Waals surface area (Å²) in [5, 5.41) is 12.1. The molecule has 144 valence electrons. The Balaban J connectivity index is 1.45. The highest BCUT2D eigenvalue weighted by Crippen LogP contribution is 2.24. The summed E-state index contributed by atoms with van der Waals surface area (Å²) in [6.45, 7) is 0. The van der Waals surface area contributed by atoms with E-state index >= 15 is 0 Å². The van der Waals surface area contributed by atoms with Crippen molar-refractivity contribution in [2.24, 2.45) is 0 Å².